The zero-order valence-electron chi connectivity index (χ0n) is 8.84. The van der Waals surface area contributed by atoms with Gasteiger partial charge in [0, 0.05) is 16.8 Å². The van der Waals surface area contributed by atoms with Crippen molar-refractivity contribution < 1.29 is 14.2 Å². The monoisotopic (exact) mass is 204 g/mol. The van der Waals surface area contributed by atoms with Gasteiger partial charge in [-0.15, -0.1) is 0 Å². The smallest absolute Gasteiger partial charge is 0.163 e. The molecule has 13 heavy (non-hydrogen) atoms. The van der Waals surface area contributed by atoms with E-state index in [0.29, 0.717) is 13.2 Å². The van der Waals surface area contributed by atoms with E-state index in [1.54, 1.807) is 0 Å². The molecule has 78 valence electrons. The summed E-state index contributed by atoms with van der Waals surface area (Å²) in [5.74, 6) is -0.411. The van der Waals surface area contributed by atoms with Crippen LogP contribution in [0, 0.1) is 0 Å². The van der Waals surface area contributed by atoms with Crippen LogP contribution in [-0.2, 0) is 14.2 Å². The van der Waals surface area contributed by atoms with Crippen molar-refractivity contribution in [1.82, 2.24) is 0 Å². The summed E-state index contributed by atoms with van der Waals surface area (Å²) in [6, 6.07) is 1.31. The SMILES string of the molecule is CC1(C)OCC(COCCC[SiH3])O1. The van der Waals surface area contributed by atoms with Crippen LogP contribution in [0.1, 0.15) is 20.3 Å². The molecule has 1 rings (SSSR count). The molecule has 1 saturated heterocycles. The maximum atomic E-state index is 5.59. The lowest BCUT2D eigenvalue weighted by Crippen LogP contribution is -2.24. The highest BCUT2D eigenvalue weighted by molar-refractivity contribution is 6.08. The van der Waals surface area contributed by atoms with Crippen LogP contribution in [0.2, 0.25) is 6.04 Å². The fraction of sp³-hybridized carbons (Fsp3) is 1.00. The van der Waals surface area contributed by atoms with Gasteiger partial charge in [-0.3, -0.25) is 0 Å². The molecule has 0 amide bonds. The van der Waals surface area contributed by atoms with E-state index in [2.05, 4.69) is 0 Å². The molecule has 0 aromatic carbocycles. The average molecular weight is 204 g/mol. The minimum absolute atomic E-state index is 0.129. The Balaban J connectivity index is 2.04. The van der Waals surface area contributed by atoms with Gasteiger partial charge in [0.1, 0.15) is 6.10 Å². The van der Waals surface area contributed by atoms with E-state index in [1.165, 1.54) is 22.7 Å². The van der Waals surface area contributed by atoms with E-state index in [0.717, 1.165) is 6.61 Å². The van der Waals surface area contributed by atoms with Crippen LogP contribution in [-0.4, -0.2) is 42.0 Å². The second-order valence-corrected chi connectivity index (χ2v) is 4.88. The molecular formula is C9H20O3Si. The second kappa shape index (κ2) is 5.10. The fourth-order valence-electron chi connectivity index (χ4n) is 1.31. The van der Waals surface area contributed by atoms with E-state index < -0.39 is 5.79 Å². The van der Waals surface area contributed by atoms with Gasteiger partial charge in [0.15, 0.2) is 5.79 Å². The summed E-state index contributed by atoms with van der Waals surface area (Å²) in [6.07, 6.45) is 1.31. The van der Waals surface area contributed by atoms with Gasteiger partial charge in [0.25, 0.3) is 0 Å². The van der Waals surface area contributed by atoms with Crippen molar-refractivity contribution in [2.45, 2.75) is 38.2 Å². The molecular weight excluding hydrogens is 184 g/mol. The quantitative estimate of drug-likeness (QED) is 0.477. The third-order valence-corrected chi connectivity index (χ3v) is 2.72. The summed E-state index contributed by atoms with van der Waals surface area (Å²) < 4.78 is 16.5. The summed E-state index contributed by atoms with van der Waals surface area (Å²) in [4.78, 5) is 0. The summed E-state index contributed by atoms with van der Waals surface area (Å²) in [5.41, 5.74) is 0. The van der Waals surface area contributed by atoms with Crippen molar-refractivity contribution in [2.75, 3.05) is 19.8 Å². The first kappa shape index (κ1) is 11.2. The largest absolute Gasteiger partial charge is 0.379 e. The van der Waals surface area contributed by atoms with Gasteiger partial charge in [-0.25, -0.2) is 0 Å². The van der Waals surface area contributed by atoms with Crippen LogP contribution in [0.25, 0.3) is 0 Å². The molecule has 3 nitrogen and oxygen atoms in total. The maximum Gasteiger partial charge on any atom is 0.163 e. The highest BCUT2D eigenvalue weighted by Gasteiger charge is 2.32. The summed E-state index contributed by atoms with van der Waals surface area (Å²) >= 11 is 0. The molecule has 0 aromatic heterocycles. The van der Waals surface area contributed by atoms with Gasteiger partial charge in [-0.05, 0) is 20.3 Å². The highest BCUT2D eigenvalue weighted by Crippen LogP contribution is 2.22. The Labute approximate surface area is 83.2 Å². The van der Waals surface area contributed by atoms with Crippen LogP contribution >= 0.6 is 0 Å². The Bertz CT molecular complexity index is 150. The van der Waals surface area contributed by atoms with E-state index >= 15 is 0 Å². The Morgan fingerprint density at radius 1 is 1.54 bits per heavy atom. The zero-order chi connectivity index (χ0) is 9.73. The lowest BCUT2D eigenvalue weighted by Gasteiger charge is -2.16. The molecule has 0 aliphatic carbocycles. The minimum Gasteiger partial charge on any atom is -0.379 e. The summed E-state index contributed by atoms with van der Waals surface area (Å²) in [6.45, 7) is 6.07. The van der Waals surface area contributed by atoms with Crippen molar-refractivity contribution in [3.05, 3.63) is 0 Å². The van der Waals surface area contributed by atoms with E-state index in [1.807, 2.05) is 13.8 Å². The molecule has 0 aromatic rings. The first-order valence-corrected chi connectivity index (χ1v) is 6.45. The predicted molar refractivity (Wildman–Crippen MR) is 55.1 cm³/mol. The van der Waals surface area contributed by atoms with Crippen LogP contribution in [0.5, 0.6) is 0 Å². The third kappa shape index (κ3) is 4.22. The van der Waals surface area contributed by atoms with E-state index in [4.69, 9.17) is 14.2 Å². The van der Waals surface area contributed by atoms with Crippen LogP contribution in [0.3, 0.4) is 0 Å². The van der Waals surface area contributed by atoms with Gasteiger partial charge < -0.3 is 14.2 Å². The lowest BCUT2D eigenvalue weighted by molar-refractivity contribution is -0.145. The first-order chi connectivity index (χ1) is 6.14. The Hall–Kier alpha value is 0.0969. The van der Waals surface area contributed by atoms with E-state index in [9.17, 15) is 0 Å². The molecule has 1 aliphatic rings. The minimum atomic E-state index is -0.411. The molecule has 1 atom stereocenters. The van der Waals surface area contributed by atoms with Gasteiger partial charge in [0.2, 0.25) is 0 Å². The standard InChI is InChI=1S/C9H20O3Si/c1-9(2)11-7-8(12-9)6-10-4-3-5-13/h8H,3-7H2,1-2,13H3. The lowest BCUT2D eigenvalue weighted by atomic mass is 10.4. The average Bonchev–Trinajstić information content (AvgIpc) is 2.40. The Morgan fingerprint density at radius 3 is 2.85 bits per heavy atom. The number of hydrogen-bond acceptors (Lipinski definition) is 3. The summed E-state index contributed by atoms with van der Waals surface area (Å²) in [5, 5.41) is 0. The zero-order valence-corrected chi connectivity index (χ0v) is 10.8. The third-order valence-electron chi connectivity index (χ3n) is 2.01. The molecule has 0 radical (unpaired) electrons. The van der Waals surface area contributed by atoms with Crippen LogP contribution in [0.4, 0.5) is 0 Å². The molecule has 0 spiro atoms. The van der Waals surface area contributed by atoms with E-state index in [-0.39, 0.29) is 6.10 Å². The van der Waals surface area contributed by atoms with Crippen molar-refractivity contribution in [3.8, 4) is 0 Å². The van der Waals surface area contributed by atoms with Crippen molar-refractivity contribution in [2.24, 2.45) is 0 Å². The normalized spacial score (nSPS) is 26.8. The molecule has 1 fully saturated rings. The number of ether oxygens (including phenoxy) is 3. The Kier molecular flexibility index (Phi) is 4.38. The van der Waals surface area contributed by atoms with Crippen molar-refractivity contribution >= 4 is 10.2 Å². The van der Waals surface area contributed by atoms with Gasteiger partial charge in [-0.1, -0.05) is 6.04 Å². The molecule has 4 heteroatoms. The second-order valence-electron chi connectivity index (χ2n) is 3.88. The Morgan fingerprint density at radius 2 is 2.31 bits per heavy atom. The van der Waals surface area contributed by atoms with Gasteiger partial charge in [-0.2, -0.15) is 0 Å². The van der Waals surface area contributed by atoms with Gasteiger partial charge in [0.05, 0.1) is 13.2 Å². The first-order valence-electron chi connectivity index (χ1n) is 5.03. The number of rotatable bonds is 5. The van der Waals surface area contributed by atoms with Crippen molar-refractivity contribution in [1.29, 1.82) is 0 Å². The number of hydrogen-bond donors (Lipinski definition) is 0. The fourth-order valence-corrected chi connectivity index (χ4v) is 1.60. The molecule has 1 aliphatic heterocycles. The summed E-state index contributed by atoms with van der Waals surface area (Å²) in [7, 11) is 1.27. The van der Waals surface area contributed by atoms with Gasteiger partial charge >= 0.3 is 0 Å². The van der Waals surface area contributed by atoms with Crippen LogP contribution in [0.15, 0.2) is 0 Å². The molecule has 0 N–H and O–H groups in total. The van der Waals surface area contributed by atoms with Crippen LogP contribution < -0.4 is 0 Å². The molecule has 0 saturated carbocycles. The maximum absolute atomic E-state index is 5.59. The van der Waals surface area contributed by atoms with Crippen molar-refractivity contribution in [3.63, 3.8) is 0 Å². The highest BCUT2D eigenvalue weighted by atomic mass is 28.1. The topological polar surface area (TPSA) is 27.7 Å². The molecule has 1 unspecified atom stereocenters. The molecule has 1 heterocycles. The molecule has 0 bridgehead atoms. The predicted octanol–water partition coefficient (Wildman–Crippen LogP) is 0.328.